The van der Waals surface area contributed by atoms with Gasteiger partial charge >= 0.3 is 0 Å². The second kappa shape index (κ2) is 8.16. The number of aryl methyl sites for hydroxylation is 2. The number of hydrogen-bond acceptors (Lipinski definition) is 2. The molecule has 0 spiro atoms. The van der Waals surface area contributed by atoms with Gasteiger partial charge in [-0.2, -0.15) is 0 Å². The Morgan fingerprint density at radius 3 is 2.39 bits per heavy atom. The summed E-state index contributed by atoms with van der Waals surface area (Å²) < 4.78 is 0. The Bertz CT molecular complexity index is 503. The minimum Gasteiger partial charge on any atom is -0.353 e. The summed E-state index contributed by atoms with van der Waals surface area (Å²) in [6.07, 6.45) is 7.34. The van der Waals surface area contributed by atoms with Gasteiger partial charge in [0.2, 0.25) is 5.91 Å². The number of rotatable bonds is 4. The van der Waals surface area contributed by atoms with Crippen molar-refractivity contribution in [2.45, 2.75) is 64.0 Å². The lowest BCUT2D eigenvalue weighted by atomic mass is 9.67. The van der Waals surface area contributed by atoms with Crippen molar-refractivity contribution in [2.24, 2.45) is 17.6 Å². The number of amides is 1. The van der Waals surface area contributed by atoms with Gasteiger partial charge in [0.25, 0.3) is 0 Å². The monoisotopic (exact) mass is 336 g/mol. The summed E-state index contributed by atoms with van der Waals surface area (Å²) >= 11 is 0. The van der Waals surface area contributed by atoms with Crippen molar-refractivity contribution < 1.29 is 4.79 Å². The number of carbonyl (C=O) groups is 1. The van der Waals surface area contributed by atoms with Crippen LogP contribution < -0.4 is 11.1 Å². The average Bonchev–Trinajstić information content (AvgIpc) is 2.48. The Morgan fingerprint density at radius 1 is 1.17 bits per heavy atom. The number of halogens is 1. The number of benzene rings is 1. The molecule has 2 saturated carbocycles. The third kappa shape index (κ3) is 4.71. The molecule has 4 heteroatoms. The largest absolute Gasteiger partial charge is 0.353 e. The highest BCUT2D eigenvalue weighted by Gasteiger charge is 2.39. The summed E-state index contributed by atoms with van der Waals surface area (Å²) in [7, 11) is 0. The zero-order valence-electron chi connectivity index (χ0n) is 14.0. The maximum atomic E-state index is 12.3. The lowest BCUT2D eigenvalue weighted by Gasteiger charge is -2.45. The van der Waals surface area contributed by atoms with Crippen molar-refractivity contribution in [3.63, 3.8) is 0 Å². The summed E-state index contributed by atoms with van der Waals surface area (Å²) in [6, 6.07) is 9.18. The molecule has 1 aromatic carbocycles. The Balaban J connectivity index is 0.00000192. The van der Waals surface area contributed by atoms with Crippen molar-refractivity contribution in [2.75, 3.05) is 0 Å². The molecule has 2 aliphatic carbocycles. The molecular formula is C19H29ClN2O. The van der Waals surface area contributed by atoms with E-state index >= 15 is 0 Å². The molecule has 128 valence electrons. The fraction of sp³-hybridized carbons (Fsp3) is 0.632. The molecule has 1 aromatic rings. The van der Waals surface area contributed by atoms with Gasteiger partial charge in [-0.3, -0.25) is 4.79 Å². The first-order chi connectivity index (χ1) is 10.6. The van der Waals surface area contributed by atoms with E-state index in [0.29, 0.717) is 30.3 Å². The van der Waals surface area contributed by atoms with Crippen LogP contribution in [0.25, 0.3) is 0 Å². The molecule has 0 saturated heterocycles. The Morgan fingerprint density at radius 2 is 1.78 bits per heavy atom. The van der Waals surface area contributed by atoms with E-state index in [1.807, 2.05) is 0 Å². The number of nitrogens with two attached hydrogens (primary N) is 1. The van der Waals surface area contributed by atoms with Gasteiger partial charge in [-0.1, -0.05) is 36.2 Å². The van der Waals surface area contributed by atoms with E-state index in [0.717, 1.165) is 19.3 Å². The molecule has 0 aliphatic heterocycles. The Hall–Kier alpha value is -1.06. The molecule has 2 fully saturated rings. The van der Waals surface area contributed by atoms with E-state index in [1.165, 1.54) is 30.4 Å². The van der Waals surface area contributed by atoms with Crippen LogP contribution >= 0.6 is 12.4 Å². The minimum absolute atomic E-state index is 0. The van der Waals surface area contributed by atoms with Gasteiger partial charge < -0.3 is 11.1 Å². The van der Waals surface area contributed by atoms with Crippen molar-refractivity contribution in [1.82, 2.24) is 5.32 Å². The smallest absolute Gasteiger partial charge is 0.220 e. The number of nitrogens with one attached hydrogen (secondary N) is 1. The predicted molar refractivity (Wildman–Crippen MR) is 96.7 cm³/mol. The number of carbonyl (C=O) groups excluding carboxylic acids is 1. The quantitative estimate of drug-likeness (QED) is 0.885. The highest BCUT2D eigenvalue weighted by Crippen LogP contribution is 2.39. The first-order valence-corrected chi connectivity index (χ1v) is 8.72. The van der Waals surface area contributed by atoms with E-state index in [1.54, 1.807) is 0 Å². The average molecular weight is 337 g/mol. The van der Waals surface area contributed by atoms with Gasteiger partial charge in [-0.25, -0.2) is 0 Å². The minimum atomic E-state index is 0. The molecule has 0 radical (unpaired) electrons. The summed E-state index contributed by atoms with van der Waals surface area (Å²) in [5.74, 6) is 1.41. The second-order valence-corrected chi connectivity index (χ2v) is 7.26. The van der Waals surface area contributed by atoms with Crippen LogP contribution in [0.15, 0.2) is 24.3 Å². The summed E-state index contributed by atoms with van der Waals surface area (Å²) in [6.45, 7) is 2.09. The first kappa shape index (κ1) is 18.3. The topological polar surface area (TPSA) is 55.1 Å². The summed E-state index contributed by atoms with van der Waals surface area (Å²) in [5.41, 5.74) is 8.66. The fourth-order valence-electron chi connectivity index (χ4n) is 4.30. The zero-order chi connectivity index (χ0) is 15.5. The molecule has 2 aliphatic rings. The molecular weight excluding hydrogens is 308 g/mol. The van der Waals surface area contributed by atoms with Crippen LogP contribution in [0, 0.1) is 18.8 Å². The maximum Gasteiger partial charge on any atom is 0.220 e. The van der Waals surface area contributed by atoms with Crippen LogP contribution in [0.1, 0.15) is 49.7 Å². The van der Waals surface area contributed by atoms with Gasteiger partial charge in [0, 0.05) is 18.5 Å². The summed E-state index contributed by atoms with van der Waals surface area (Å²) in [5, 5.41) is 3.33. The van der Waals surface area contributed by atoms with Crippen LogP contribution in [-0.4, -0.2) is 18.0 Å². The van der Waals surface area contributed by atoms with Crippen molar-refractivity contribution in [1.29, 1.82) is 0 Å². The second-order valence-electron chi connectivity index (χ2n) is 7.26. The van der Waals surface area contributed by atoms with Gasteiger partial charge in [-0.05, 0) is 56.4 Å². The molecule has 23 heavy (non-hydrogen) atoms. The van der Waals surface area contributed by atoms with Gasteiger partial charge in [0.1, 0.15) is 0 Å². The number of hydrogen-bond donors (Lipinski definition) is 2. The molecule has 0 aromatic heterocycles. The zero-order valence-corrected chi connectivity index (χ0v) is 14.8. The fourth-order valence-corrected chi connectivity index (χ4v) is 4.30. The van der Waals surface area contributed by atoms with Crippen LogP contribution in [0.4, 0.5) is 0 Å². The summed E-state index contributed by atoms with van der Waals surface area (Å²) in [4.78, 5) is 12.3. The van der Waals surface area contributed by atoms with Gasteiger partial charge in [0.05, 0.1) is 0 Å². The van der Waals surface area contributed by atoms with E-state index in [-0.39, 0.29) is 18.3 Å². The lowest BCUT2D eigenvalue weighted by Crippen LogP contribution is -2.53. The van der Waals surface area contributed by atoms with Crippen molar-refractivity contribution in [3.05, 3.63) is 35.4 Å². The van der Waals surface area contributed by atoms with Crippen LogP contribution in [0.5, 0.6) is 0 Å². The van der Waals surface area contributed by atoms with E-state index in [9.17, 15) is 4.79 Å². The molecule has 2 atom stereocenters. The first-order valence-electron chi connectivity index (χ1n) is 8.72. The van der Waals surface area contributed by atoms with Crippen molar-refractivity contribution in [3.8, 4) is 0 Å². The SMILES string of the molecule is Cc1ccc(CCC(=O)NC2C3CCCC2CC(N)C3)cc1.Cl. The molecule has 3 rings (SSSR count). The van der Waals surface area contributed by atoms with Crippen LogP contribution in [0.3, 0.4) is 0 Å². The number of fused-ring (bicyclic) bond motifs is 2. The lowest BCUT2D eigenvalue weighted by molar-refractivity contribution is -0.123. The van der Waals surface area contributed by atoms with Crippen LogP contribution in [-0.2, 0) is 11.2 Å². The highest BCUT2D eigenvalue weighted by molar-refractivity contribution is 5.85. The third-order valence-electron chi connectivity index (χ3n) is 5.47. The highest BCUT2D eigenvalue weighted by atomic mass is 35.5. The van der Waals surface area contributed by atoms with Gasteiger partial charge in [-0.15, -0.1) is 12.4 Å². The normalized spacial score (nSPS) is 29.5. The van der Waals surface area contributed by atoms with E-state index in [2.05, 4.69) is 36.5 Å². The molecule has 1 amide bonds. The molecule has 3 N–H and O–H groups in total. The van der Waals surface area contributed by atoms with E-state index in [4.69, 9.17) is 5.73 Å². The molecule has 0 heterocycles. The Kier molecular flexibility index (Phi) is 6.49. The Labute approximate surface area is 145 Å². The standard InChI is InChI=1S/C19H28N2O.ClH/c1-13-5-7-14(8-6-13)9-10-18(22)21-19-15-3-2-4-16(19)12-17(20)11-15;/h5-8,15-17,19H,2-4,9-12,20H2,1H3,(H,21,22);1H. The maximum absolute atomic E-state index is 12.3. The molecule has 3 nitrogen and oxygen atoms in total. The van der Waals surface area contributed by atoms with Gasteiger partial charge in [0.15, 0.2) is 0 Å². The molecule has 2 bridgehead atoms. The van der Waals surface area contributed by atoms with E-state index < -0.39 is 0 Å². The van der Waals surface area contributed by atoms with Crippen molar-refractivity contribution >= 4 is 18.3 Å². The van der Waals surface area contributed by atoms with Crippen LogP contribution in [0.2, 0.25) is 0 Å². The predicted octanol–water partition coefficient (Wildman–Crippen LogP) is 3.37. The third-order valence-corrected chi connectivity index (χ3v) is 5.47. The molecule has 2 unspecified atom stereocenters.